The zero-order valence-corrected chi connectivity index (χ0v) is 11.0. The normalized spacial score (nSPS) is 19.8. The number of amides is 1. The number of carbonyl (C=O) groups is 1. The number of fused-ring (bicyclic) bond motifs is 1. The Morgan fingerprint density at radius 1 is 1.00 bits per heavy atom. The van der Waals surface area contributed by atoms with E-state index in [0.29, 0.717) is 6.42 Å². The molecule has 0 N–H and O–H groups in total. The summed E-state index contributed by atoms with van der Waals surface area (Å²) in [7, 11) is 0. The van der Waals surface area contributed by atoms with E-state index in [0.717, 1.165) is 62.1 Å². The molecule has 5 heteroatoms. The van der Waals surface area contributed by atoms with Crippen molar-refractivity contribution < 1.29 is 4.79 Å². The Hall–Kier alpha value is -1.16. The summed E-state index contributed by atoms with van der Waals surface area (Å²) in [5.74, 6) is 0.950. The standard InChI is InChI=1S/C13H16ClN3O/c14-13-15-10-6-4-5-9(10)12(16-13)17-8-3-1-2-7-11(17)18/h1-8H2. The lowest BCUT2D eigenvalue weighted by Crippen LogP contribution is -2.32. The first kappa shape index (κ1) is 11.9. The largest absolute Gasteiger partial charge is 0.296 e. The molecular formula is C13H16ClN3O. The van der Waals surface area contributed by atoms with E-state index in [4.69, 9.17) is 11.6 Å². The first-order valence-corrected chi connectivity index (χ1v) is 6.99. The first-order valence-electron chi connectivity index (χ1n) is 6.61. The molecule has 0 saturated carbocycles. The lowest BCUT2D eigenvalue weighted by atomic mass is 10.2. The monoisotopic (exact) mass is 265 g/mol. The Morgan fingerprint density at radius 2 is 1.89 bits per heavy atom. The predicted octanol–water partition coefficient (Wildman–Crippen LogP) is 2.53. The molecule has 2 heterocycles. The van der Waals surface area contributed by atoms with Crippen LogP contribution in [0.15, 0.2) is 0 Å². The number of carbonyl (C=O) groups excluding carboxylic acids is 1. The molecule has 0 atom stereocenters. The number of aryl methyl sites for hydroxylation is 1. The van der Waals surface area contributed by atoms with Gasteiger partial charge in [0, 0.05) is 18.5 Å². The van der Waals surface area contributed by atoms with E-state index in [-0.39, 0.29) is 11.2 Å². The predicted molar refractivity (Wildman–Crippen MR) is 69.9 cm³/mol. The molecule has 3 rings (SSSR count). The Balaban J connectivity index is 2.02. The quantitative estimate of drug-likeness (QED) is 0.733. The van der Waals surface area contributed by atoms with Gasteiger partial charge in [0.1, 0.15) is 5.82 Å². The molecule has 0 unspecified atom stereocenters. The van der Waals surface area contributed by atoms with Gasteiger partial charge in [-0.15, -0.1) is 0 Å². The second kappa shape index (κ2) is 4.84. The molecule has 1 aromatic rings. The molecule has 0 bridgehead atoms. The van der Waals surface area contributed by atoms with Gasteiger partial charge in [-0.3, -0.25) is 9.69 Å². The van der Waals surface area contributed by atoms with Crippen molar-refractivity contribution in [3.63, 3.8) is 0 Å². The van der Waals surface area contributed by atoms with Crippen molar-refractivity contribution in [2.75, 3.05) is 11.4 Å². The molecule has 96 valence electrons. The maximum atomic E-state index is 12.1. The highest BCUT2D eigenvalue weighted by Gasteiger charge is 2.26. The van der Waals surface area contributed by atoms with Crippen molar-refractivity contribution in [3.8, 4) is 0 Å². The van der Waals surface area contributed by atoms with Gasteiger partial charge in [-0.2, -0.15) is 4.98 Å². The van der Waals surface area contributed by atoms with E-state index in [1.807, 2.05) is 4.90 Å². The van der Waals surface area contributed by atoms with Gasteiger partial charge < -0.3 is 0 Å². The minimum absolute atomic E-state index is 0.177. The van der Waals surface area contributed by atoms with Crippen LogP contribution in [0, 0.1) is 0 Å². The topological polar surface area (TPSA) is 46.1 Å². The SMILES string of the molecule is O=C1CCCCCN1c1nc(Cl)nc2c1CCC2. The summed E-state index contributed by atoms with van der Waals surface area (Å²) in [6, 6.07) is 0. The Bertz CT molecular complexity index is 489. The summed E-state index contributed by atoms with van der Waals surface area (Å²) in [4.78, 5) is 22.6. The third-order valence-electron chi connectivity index (χ3n) is 3.71. The fourth-order valence-corrected chi connectivity index (χ4v) is 3.00. The van der Waals surface area contributed by atoms with Gasteiger partial charge in [0.05, 0.1) is 5.69 Å². The van der Waals surface area contributed by atoms with Crippen molar-refractivity contribution in [3.05, 3.63) is 16.5 Å². The molecule has 18 heavy (non-hydrogen) atoms. The van der Waals surface area contributed by atoms with Gasteiger partial charge in [-0.1, -0.05) is 6.42 Å². The lowest BCUT2D eigenvalue weighted by molar-refractivity contribution is -0.118. The fourth-order valence-electron chi connectivity index (χ4n) is 2.81. The van der Waals surface area contributed by atoms with E-state index in [1.54, 1.807) is 0 Å². The highest BCUT2D eigenvalue weighted by molar-refractivity contribution is 6.28. The van der Waals surface area contributed by atoms with Crippen molar-refractivity contribution in [1.29, 1.82) is 0 Å². The van der Waals surface area contributed by atoms with Crippen molar-refractivity contribution in [1.82, 2.24) is 9.97 Å². The molecule has 2 aliphatic rings. The van der Waals surface area contributed by atoms with Crippen LogP contribution >= 0.6 is 11.6 Å². The van der Waals surface area contributed by atoms with Gasteiger partial charge in [0.25, 0.3) is 0 Å². The average molecular weight is 266 g/mol. The fraction of sp³-hybridized carbons (Fsp3) is 0.615. The Labute approximate surface area is 111 Å². The zero-order valence-electron chi connectivity index (χ0n) is 10.3. The lowest BCUT2D eigenvalue weighted by Gasteiger charge is -2.22. The Morgan fingerprint density at radius 3 is 2.78 bits per heavy atom. The molecule has 0 radical (unpaired) electrons. The summed E-state index contributed by atoms with van der Waals surface area (Å²) in [6.45, 7) is 0.763. The molecule has 4 nitrogen and oxygen atoms in total. The Kier molecular flexibility index (Phi) is 3.20. The second-order valence-electron chi connectivity index (χ2n) is 4.95. The molecule has 0 aromatic carbocycles. The summed E-state index contributed by atoms with van der Waals surface area (Å²) < 4.78 is 0. The number of aromatic nitrogens is 2. The third kappa shape index (κ3) is 2.09. The number of anilines is 1. The summed E-state index contributed by atoms with van der Waals surface area (Å²) in [6.07, 6.45) is 6.76. The second-order valence-corrected chi connectivity index (χ2v) is 5.29. The first-order chi connectivity index (χ1) is 8.75. The summed E-state index contributed by atoms with van der Waals surface area (Å²) in [5.41, 5.74) is 2.16. The number of hydrogen-bond donors (Lipinski definition) is 0. The van der Waals surface area contributed by atoms with Gasteiger partial charge in [-0.05, 0) is 43.7 Å². The molecule has 1 fully saturated rings. The zero-order chi connectivity index (χ0) is 12.5. The maximum absolute atomic E-state index is 12.1. The minimum Gasteiger partial charge on any atom is -0.296 e. The highest BCUT2D eigenvalue weighted by atomic mass is 35.5. The van der Waals surface area contributed by atoms with Crippen LogP contribution in [0.3, 0.4) is 0 Å². The van der Waals surface area contributed by atoms with Crippen LogP contribution in [0.1, 0.15) is 43.4 Å². The highest BCUT2D eigenvalue weighted by Crippen LogP contribution is 2.31. The van der Waals surface area contributed by atoms with E-state index in [2.05, 4.69) is 9.97 Å². The molecule has 1 amide bonds. The molecular weight excluding hydrogens is 250 g/mol. The van der Waals surface area contributed by atoms with Crippen LogP contribution in [0.2, 0.25) is 5.28 Å². The van der Waals surface area contributed by atoms with Crippen molar-refractivity contribution in [2.45, 2.75) is 44.9 Å². The number of halogens is 1. The maximum Gasteiger partial charge on any atom is 0.228 e. The molecule has 1 aromatic heterocycles. The molecule has 1 aliphatic heterocycles. The van der Waals surface area contributed by atoms with Crippen LogP contribution in [-0.4, -0.2) is 22.4 Å². The van der Waals surface area contributed by atoms with Crippen LogP contribution in [0.25, 0.3) is 0 Å². The number of hydrogen-bond acceptors (Lipinski definition) is 3. The van der Waals surface area contributed by atoms with Crippen LogP contribution < -0.4 is 4.90 Å². The van der Waals surface area contributed by atoms with Crippen LogP contribution in [0.5, 0.6) is 0 Å². The third-order valence-corrected chi connectivity index (χ3v) is 3.88. The van der Waals surface area contributed by atoms with E-state index < -0.39 is 0 Å². The van der Waals surface area contributed by atoms with E-state index in [9.17, 15) is 4.79 Å². The number of rotatable bonds is 1. The van der Waals surface area contributed by atoms with Gasteiger partial charge in [0.2, 0.25) is 11.2 Å². The van der Waals surface area contributed by atoms with E-state index in [1.165, 1.54) is 0 Å². The molecule has 1 aliphatic carbocycles. The average Bonchev–Trinajstić information content (AvgIpc) is 2.70. The number of nitrogens with zero attached hydrogens (tertiary/aromatic N) is 3. The molecule has 0 spiro atoms. The minimum atomic E-state index is 0.177. The van der Waals surface area contributed by atoms with Crippen molar-refractivity contribution in [2.24, 2.45) is 0 Å². The summed E-state index contributed by atoms with van der Waals surface area (Å²) in [5, 5.41) is 0.266. The van der Waals surface area contributed by atoms with Gasteiger partial charge >= 0.3 is 0 Å². The van der Waals surface area contributed by atoms with Gasteiger partial charge in [-0.25, -0.2) is 4.98 Å². The summed E-state index contributed by atoms with van der Waals surface area (Å²) >= 11 is 5.98. The van der Waals surface area contributed by atoms with Crippen LogP contribution in [-0.2, 0) is 17.6 Å². The smallest absolute Gasteiger partial charge is 0.228 e. The van der Waals surface area contributed by atoms with Crippen molar-refractivity contribution >= 4 is 23.3 Å². The van der Waals surface area contributed by atoms with Gasteiger partial charge in [0.15, 0.2) is 0 Å². The van der Waals surface area contributed by atoms with Crippen LogP contribution in [0.4, 0.5) is 5.82 Å². The van der Waals surface area contributed by atoms with E-state index >= 15 is 0 Å². The molecule has 1 saturated heterocycles.